The van der Waals surface area contributed by atoms with Crippen LogP contribution < -0.4 is 9.47 Å². The first kappa shape index (κ1) is 19.2. The number of esters is 1. The highest BCUT2D eigenvalue weighted by atomic mass is 16.6. The van der Waals surface area contributed by atoms with Gasteiger partial charge in [-0.05, 0) is 12.1 Å². The predicted molar refractivity (Wildman–Crippen MR) is 105 cm³/mol. The van der Waals surface area contributed by atoms with E-state index >= 15 is 0 Å². The lowest BCUT2D eigenvalue weighted by Gasteiger charge is -2.19. The Labute approximate surface area is 163 Å². The zero-order chi connectivity index (χ0) is 19.9. The zero-order valence-electron chi connectivity index (χ0n) is 15.6. The topological polar surface area (TPSA) is 61.8 Å². The van der Waals surface area contributed by atoms with Crippen LogP contribution in [0.2, 0.25) is 0 Å². The molecule has 0 spiro atoms. The Bertz CT molecular complexity index is 951. The summed E-state index contributed by atoms with van der Waals surface area (Å²) in [5.74, 6) is -0.313. The minimum atomic E-state index is -1.08. The van der Waals surface area contributed by atoms with Gasteiger partial charge in [-0.25, -0.2) is 4.79 Å². The van der Waals surface area contributed by atoms with Crippen LogP contribution in [0.5, 0.6) is 11.5 Å². The highest BCUT2D eigenvalue weighted by Gasteiger charge is 2.28. The largest absolute Gasteiger partial charge is 0.493 e. The Morgan fingerprint density at radius 3 is 2.00 bits per heavy atom. The molecule has 0 heterocycles. The predicted octanol–water partition coefficient (Wildman–Crippen LogP) is 4.48. The molecular formula is C23H20O5. The monoisotopic (exact) mass is 376 g/mol. The van der Waals surface area contributed by atoms with Gasteiger partial charge in [-0.1, -0.05) is 66.7 Å². The quantitative estimate of drug-likeness (QED) is 0.449. The van der Waals surface area contributed by atoms with Crippen LogP contribution in [0, 0.1) is 0 Å². The number of ether oxygens (including phenoxy) is 3. The van der Waals surface area contributed by atoms with Crippen LogP contribution in [0.1, 0.15) is 32.4 Å². The summed E-state index contributed by atoms with van der Waals surface area (Å²) in [6, 6.07) is 22.6. The summed E-state index contributed by atoms with van der Waals surface area (Å²) in [6.45, 7) is 0. The molecule has 1 unspecified atom stereocenters. The highest BCUT2D eigenvalue weighted by molar-refractivity contribution is 6.02. The Kier molecular flexibility index (Phi) is 6.07. The van der Waals surface area contributed by atoms with E-state index in [0.29, 0.717) is 16.9 Å². The SMILES string of the molecule is COc1cccc(C(=O)OC(C(=O)c2ccccc2)c2ccccc2)c1OC. The molecule has 0 fully saturated rings. The van der Waals surface area contributed by atoms with E-state index in [4.69, 9.17) is 14.2 Å². The maximum absolute atomic E-state index is 13.1. The van der Waals surface area contributed by atoms with Gasteiger partial charge in [0.05, 0.1) is 14.2 Å². The van der Waals surface area contributed by atoms with Crippen molar-refractivity contribution < 1.29 is 23.8 Å². The molecule has 142 valence electrons. The fraction of sp³-hybridized carbons (Fsp3) is 0.130. The molecule has 5 nitrogen and oxygen atoms in total. The van der Waals surface area contributed by atoms with Gasteiger partial charge < -0.3 is 14.2 Å². The second kappa shape index (κ2) is 8.86. The third-order valence-electron chi connectivity index (χ3n) is 4.25. The molecule has 0 saturated carbocycles. The lowest BCUT2D eigenvalue weighted by atomic mass is 9.99. The number of carbonyl (C=O) groups is 2. The van der Waals surface area contributed by atoms with E-state index in [1.54, 1.807) is 66.7 Å². The van der Waals surface area contributed by atoms with Crippen LogP contribution >= 0.6 is 0 Å². The Morgan fingerprint density at radius 1 is 0.750 bits per heavy atom. The molecule has 1 atom stereocenters. The number of benzene rings is 3. The van der Waals surface area contributed by atoms with Gasteiger partial charge in [0.15, 0.2) is 17.6 Å². The van der Waals surface area contributed by atoms with Crippen molar-refractivity contribution in [3.63, 3.8) is 0 Å². The van der Waals surface area contributed by atoms with Crippen molar-refractivity contribution in [1.29, 1.82) is 0 Å². The maximum atomic E-state index is 13.1. The van der Waals surface area contributed by atoms with Crippen molar-refractivity contribution in [2.75, 3.05) is 14.2 Å². The van der Waals surface area contributed by atoms with Crippen LogP contribution in [0.25, 0.3) is 0 Å². The van der Waals surface area contributed by atoms with E-state index in [1.807, 2.05) is 12.1 Å². The minimum Gasteiger partial charge on any atom is -0.493 e. The Morgan fingerprint density at radius 2 is 1.39 bits per heavy atom. The van der Waals surface area contributed by atoms with Gasteiger partial charge in [-0.2, -0.15) is 0 Å². The third-order valence-corrected chi connectivity index (χ3v) is 4.25. The van der Waals surface area contributed by atoms with E-state index in [-0.39, 0.29) is 17.1 Å². The van der Waals surface area contributed by atoms with Crippen molar-refractivity contribution in [1.82, 2.24) is 0 Å². The van der Waals surface area contributed by atoms with E-state index in [0.717, 1.165) is 0 Å². The van der Waals surface area contributed by atoms with Crippen LogP contribution in [0.3, 0.4) is 0 Å². The van der Waals surface area contributed by atoms with Gasteiger partial charge in [0, 0.05) is 11.1 Å². The highest BCUT2D eigenvalue weighted by Crippen LogP contribution is 2.33. The Hall–Kier alpha value is -3.60. The van der Waals surface area contributed by atoms with E-state index < -0.39 is 12.1 Å². The molecule has 0 aliphatic rings. The van der Waals surface area contributed by atoms with Crippen LogP contribution in [-0.2, 0) is 4.74 Å². The van der Waals surface area contributed by atoms with E-state index in [2.05, 4.69) is 0 Å². The molecule has 0 bridgehead atoms. The number of Topliss-reactive ketones (excluding diaryl/α,β-unsaturated/α-hetero) is 1. The summed E-state index contributed by atoms with van der Waals surface area (Å²) in [5, 5.41) is 0. The number of hydrogen-bond donors (Lipinski definition) is 0. The number of methoxy groups -OCH3 is 2. The number of carbonyl (C=O) groups excluding carboxylic acids is 2. The number of ketones is 1. The molecular weight excluding hydrogens is 356 g/mol. The molecule has 3 rings (SSSR count). The lowest BCUT2D eigenvalue weighted by molar-refractivity contribution is 0.0276. The molecule has 0 amide bonds. The van der Waals surface area contributed by atoms with Gasteiger partial charge in [0.1, 0.15) is 5.56 Å². The molecule has 0 N–H and O–H groups in total. The van der Waals surface area contributed by atoms with Gasteiger partial charge in [-0.3, -0.25) is 4.79 Å². The molecule has 3 aromatic carbocycles. The van der Waals surface area contributed by atoms with Crippen LogP contribution in [-0.4, -0.2) is 26.0 Å². The summed E-state index contributed by atoms with van der Waals surface area (Å²) < 4.78 is 16.2. The Balaban J connectivity index is 1.97. The molecule has 0 aliphatic carbocycles. The molecule has 0 radical (unpaired) electrons. The molecule has 5 heteroatoms. The average molecular weight is 376 g/mol. The zero-order valence-corrected chi connectivity index (χ0v) is 15.6. The molecule has 0 saturated heterocycles. The van der Waals surface area contributed by atoms with E-state index in [1.165, 1.54) is 14.2 Å². The van der Waals surface area contributed by atoms with Crippen LogP contribution in [0.15, 0.2) is 78.9 Å². The van der Waals surface area contributed by atoms with Gasteiger partial charge in [0.2, 0.25) is 5.78 Å². The van der Waals surface area contributed by atoms with Gasteiger partial charge in [0.25, 0.3) is 0 Å². The number of para-hydroxylation sites is 1. The summed E-state index contributed by atoms with van der Waals surface area (Å²) >= 11 is 0. The average Bonchev–Trinajstić information content (AvgIpc) is 2.77. The lowest BCUT2D eigenvalue weighted by Crippen LogP contribution is -2.20. The van der Waals surface area contributed by atoms with Gasteiger partial charge in [-0.15, -0.1) is 0 Å². The first-order valence-corrected chi connectivity index (χ1v) is 8.72. The minimum absolute atomic E-state index is 0.184. The van der Waals surface area contributed by atoms with Crippen LogP contribution in [0.4, 0.5) is 0 Å². The van der Waals surface area contributed by atoms with E-state index in [9.17, 15) is 9.59 Å². The first-order chi connectivity index (χ1) is 13.7. The summed E-state index contributed by atoms with van der Waals surface area (Å²) in [4.78, 5) is 26.0. The standard InChI is InChI=1S/C23H20O5/c1-26-19-15-9-14-18(22(19)27-2)23(25)28-21(17-12-7-4-8-13-17)20(24)16-10-5-3-6-11-16/h3-15,21H,1-2H3. The molecule has 28 heavy (non-hydrogen) atoms. The summed E-state index contributed by atoms with van der Waals surface area (Å²) in [6.07, 6.45) is -1.08. The molecule has 3 aromatic rings. The molecule has 0 aromatic heterocycles. The van der Waals surface area contributed by atoms with Crippen molar-refractivity contribution in [3.05, 3.63) is 95.6 Å². The van der Waals surface area contributed by atoms with Crippen molar-refractivity contribution in [2.45, 2.75) is 6.10 Å². The normalized spacial score (nSPS) is 11.4. The second-order valence-corrected chi connectivity index (χ2v) is 5.97. The molecule has 0 aliphatic heterocycles. The smallest absolute Gasteiger partial charge is 0.343 e. The number of hydrogen-bond acceptors (Lipinski definition) is 5. The van der Waals surface area contributed by atoms with Crippen molar-refractivity contribution in [3.8, 4) is 11.5 Å². The first-order valence-electron chi connectivity index (χ1n) is 8.72. The number of rotatable bonds is 7. The summed E-state index contributed by atoms with van der Waals surface area (Å²) in [5.41, 5.74) is 1.23. The third kappa shape index (κ3) is 4.04. The fourth-order valence-electron chi connectivity index (χ4n) is 2.87. The van der Waals surface area contributed by atoms with Crippen molar-refractivity contribution >= 4 is 11.8 Å². The summed E-state index contributed by atoms with van der Waals surface area (Å²) in [7, 11) is 2.93. The van der Waals surface area contributed by atoms with Crippen molar-refractivity contribution in [2.24, 2.45) is 0 Å². The fourth-order valence-corrected chi connectivity index (χ4v) is 2.87. The maximum Gasteiger partial charge on any atom is 0.343 e. The second-order valence-electron chi connectivity index (χ2n) is 5.97. The van der Waals surface area contributed by atoms with Gasteiger partial charge >= 0.3 is 5.97 Å².